The van der Waals surface area contributed by atoms with Gasteiger partial charge in [0.25, 0.3) is 10.0 Å². The zero-order valence-electron chi connectivity index (χ0n) is 22.9. The summed E-state index contributed by atoms with van der Waals surface area (Å²) in [5, 5.41) is 0. The second-order valence-electron chi connectivity index (χ2n) is 10.7. The third-order valence-electron chi connectivity index (χ3n) is 5.75. The van der Waals surface area contributed by atoms with E-state index in [1.807, 2.05) is 43.1 Å². The number of aromatic nitrogens is 2. The first kappa shape index (κ1) is 29.6. The first-order valence-corrected chi connectivity index (χ1v) is 15.1. The van der Waals surface area contributed by atoms with Crippen LogP contribution in [-0.2, 0) is 33.1 Å². The Hall–Kier alpha value is -2.98. The van der Waals surface area contributed by atoms with E-state index in [9.17, 15) is 18.0 Å². The lowest BCUT2D eigenvalue weighted by Crippen LogP contribution is -2.31. The van der Waals surface area contributed by atoms with Crippen LogP contribution in [0.2, 0.25) is 0 Å². The molecule has 3 aromatic rings. The van der Waals surface area contributed by atoms with Crippen LogP contribution >= 0.6 is 11.3 Å². The number of ketones is 1. The highest BCUT2D eigenvalue weighted by Gasteiger charge is 2.27. The molecule has 0 aliphatic rings. The van der Waals surface area contributed by atoms with Crippen molar-refractivity contribution in [1.29, 1.82) is 0 Å². The van der Waals surface area contributed by atoms with Gasteiger partial charge in [-0.1, -0.05) is 66.2 Å². The predicted molar refractivity (Wildman–Crippen MR) is 150 cm³/mol. The summed E-state index contributed by atoms with van der Waals surface area (Å²) in [7, 11) is -4.19. The molecular formula is C28H37N3O5S2. The van der Waals surface area contributed by atoms with Crippen LogP contribution in [0.3, 0.4) is 0 Å². The summed E-state index contributed by atoms with van der Waals surface area (Å²) < 4.78 is 35.4. The Bertz CT molecular complexity index is 1380. The fourth-order valence-electron chi connectivity index (χ4n) is 4.01. The number of thiophene rings is 1. The summed E-state index contributed by atoms with van der Waals surface area (Å²) in [6, 6.07) is 8.77. The lowest BCUT2D eigenvalue weighted by molar-refractivity contribution is 0.0970. The van der Waals surface area contributed by atoms with Crippen LogP contribution in [0.25, 0.3) is 11.1 Å². The molecule has 0 radical (unpaired) electrons. The Kier molecular flexibility index (Phi) is 9.54. The van der Waals surface area contributed by atoms with Gasteiger partial charge in [0.05, 0.1) is 13.2 Å². The lowest BCUT2D eigenvalue weighted by atomic mass is 9.95. The number of amides is 1. The average molecular weight is 560 g/mol. The minimum absolute atomic E-state index is 0.0230. The minimum atomic E-state index is -4.19. The van der Waals surface area contributed by atoms with Crippen LogP contribution in [-0.4, -0.2) is 36.5 Å². The van der Waals surface area contributed by atoms with Gasteiger partial charge in [0.15, 0.2) is 5.78 Å². The summed E-state index contributed by atoms with van der Waals surface area (Å²) in [5.41, 5.74) is 1.28. The highest BCUT2D eigenvalue weighted by molar-refractivity contribution is 7.92. The number of hydrogen-bond donors (Lipinski definition) is 1. The predicted octanol–water partition coefficient (Wildman–Crippen LogP) is 6.21. The quantitative estimate of drug-likeness (QED) is 0.221. The Labute approximate surface area is 229 Å². The molecule has 0 aliphatic heterocycles. The number of nitrogens with one attached hydrogen (secondary N) is 1. The van der Waals surface area contributed by atoms with Crippen LogP contribution in [0, 0.1) is 5.92 Å². The molecule has 0 fully saturated rings. The fourth-order valence-corrected chi connectivity index (χ4v) is 6.85. The van der Waals surface area contributed by atoms with Crippen LogP contribution in [0.1, 0.15) is 75.4 Å². The summed E-state index contributed by atoms with van der Waals surface area (Å²) >= 11 is 1.13. The summed E-state index contributed by atoms with van der Waals surface area (Å²) in [6.45, 7) is 12.4. The van der Waals surface area contributed by atoms with Gasteiger partial charge in [-0.2, -0.15) is 0 Å². The van der Waals surface area contributed by atoms with Crippen molar-refractivity contribution in [2.75, 3.05) is 6.61 Å². The Balaban J connectivity index is 1.94. The van der Waals surface area contributed by atoms with Gasteiger partial charge >= 0.3 is 6.09 Å². The van der Waals surface area contributed by atoms with E-state index in [2.05, 4.69) is 18.8 Å². The number of nitrogens with zero attached hydrogens (tertiary/aromatic N) is 2. The van der Waals surface area contributed by atoms with Crippen molar-refractivity contribution in [2.24, 2.45) is 5.92 Å². The second-order valence-corrected chi connectivity index (χ2v) is 13.8. The van der Waals surface area contributed by atoms with Gasteiger partial charge in [0, 0.05) is 33.8 Å². The van der Waals surface area contributed by atoms with Gasteiger partial charge in [-0.15, -0.1) is 11.3 Å². The molecule has 38 heavy (non-hydrogen) atoms. The lowest BCUT2D eigenvalue weighted by Gasteiger charge is -2.19. The third kappa shape index (κ3) is 7.54. The van der Waals surface area contributed by atoms with Gasteiger partial charge in [-0.05, 0) is 36.5 Å². The first-order chi connectivity index (χ1) is 17.8. The van der Waals surface area contributed by atoms with E-state index in [4.69, 9.17) is 4.74 Å². The van der Waals surface area contributed by atoms with Crippen molar-refractivity contribution in [3.63, 3.8) is 0 Å². The number of sulfonamides is 1. The average Bonchev–Trinajstić information content (AvgIpc) is 3.46. The van der Waals surface area contributed by atoms with Crippen molar-refractivity contribution in [2.45, 2.75) is 77.0 Å². The Morgan fingerprint density at radius 2 is 1.92 bits per heavy atom. The molecule has 0 atom stereocenters. The molecule has 0 aliphatic carbocycles. The van der Waals surface area contributed by atoms with E-state index >= 15 is 0 Å². The van der Waals surface area contributed by atoms with Crippen molar-refractivity contribution < 1.29 is 22.7 Å². The molecule has 1 amide bonds. The Morgan fingerprint density at radius 3 is 2.58 bits per heavy atom. The van der Waals surface area contributed by atoms with Crippen molar-refractivity contribution in [3.05, 3.63) is 59.0 Å². The molecule has 2 heterocycles. The summed E-state index contributed by atoms with van der Waals surface area (Å²) in [6.07, 6.45) is 4.62. The molecule has 0 saturated heterocycles. The highest BCUT2D eigenvalue weighted by Crippen LogP contribution is 2.37. The topological polar surface area (TPSA) is 107 Å². The maximum absolute atomic E-state index is 13.3. The monoisotopic (exact) mass is 559 g/mol. The van der Waals surface area contributed by atoms with E-state index in [0.29, 0.717) is 35.4 Å². The van der Waals surface area contributed by atoms with E-state index in [1.54, 1.807) is 36.7 Å². The number of imidazole rings is 1. The SMILES string of the molecule is CCCCOC(=O)NS(=O)(=O)c1sc(CC(C)C)cc1-c1cccc(C(=O)Cn2ccnc2C(C)(C)C)c1. The summed E-state index contributed by atoms with van der Waals surface area (Å²) in [5.74, 6) is 1.00. The molecule has 10 heteroatoms. The standard InChI is InChI=1S/C28H37N3O5S2/c1-7-8-14-36-27(33)30-38(34,35)25-23(17-22(37-25)15-19(2)3)20-10-9-11-21(16-20)24(32)18-31-13-12-29-26(31)28(4,5)6/h9-13,16-17,19H,7-8,14-15,18H2,1-6H3,(H,30,33). The van der Waals surface area contributed by atoms with Crippen LogP contribution in [0.4, 0.5) is 4.79 Å². The molecule has 0 unspecified atom stereocenters. The normalized spacial score (nSPS) is 12.1. The molecule has 0 spiro atoms. The Morgan fingerprint density at radius 1 is 1.18 bits per heavy atom. The first-order valence-electron chi connectivity index (χ1n) is 12.8. The highest BCUT2D eigenvalue weighted by atomic mass is 32.2. The van der Waals surface area contributed by atoms with Crippen LogP contribution < -0.4 is 4.72 Å². The number of carbonyl (C=O) groups is 2. The van der Waals surface area contributed by atoms with E-state index < -0.39 is 16.1 Å². The maximum atomic E-state index is 13.3. The van der Waals surface area contributed by atoms with E-state index in [0.717, 1.165) is 28.5 Å². The van der Waals surface area contributed by atoms with Gasteiger partial charge in [-0.25, -0.2) is 22.9 Å². The number of carbonyl (C=O) groups excluding carboxylic acids is 2. The summed E-state index contributed by atoms with van der Waals surface area (Å²) in [4.78, 5) is 30.7. The molecule has 3 rings (SSSR count). The molecule has 0 saturated carbocycles. The largest absolute Gasteiger partial charge is 0.449 e. The number of ether oxygens (including phenoxy) is 1. The van der Waals surface area contributed by atoms with Crippen molar-refractivity contribution >= 4 is 33.2 Å². The van der Waals surface area contributed by atoms with Gasteiger partial charge < -0.3 is 9.30 Å². The van der Waals surface area contributed by atoms with Crippen molar-refractivity contribution in [1.82, 2.24) is 14.3 Å². The molecule has 8 nitrogen and oxygen atoms in total. The molecule has 2 aromatic heterocycles. The van der Waals surface area contributed by atoms with Crippen LogP contribution in [0.5, 0.6) is 0 Å². The van der Waals surface area contributed by atoms with E-state index in [1.165, 1.54) is 0 Å². The van der Waals surface area contributed by atoms with Gasteiger partial charge in [0.1, 0.15) is 10.0 Å². The molecular weight excluding hydrogens is 522 g/mol. The maximum Gasteiger partial charge on any atom is 0.421 e. The van der Waals surface area contributed by atoms with Gasteiger partial charge in [0.2, 0.25) is 0 Å². The zero-order valence-corrected chi connectivity index (χ0v) is 24.5. The van der Waals surface area contributed by atoms with E-state index in [-0.39, 0.29) is 28.6 Å². The molecule has 206 valence electrons. The van der Waals surface area contributed by atoms with Crippen molar-refractivity contribution in [3.8, 4) is 11.1 Å². The number of Topliss-reactive ketones (excluding diaryl/α,β-unsaturated/α-hetero) is 1. The molecule has 1 N–H and O–H groups in total. The zero-order chi connectivity index (χ0) is 28.1. The third-order valence-corrected chi connectivity index (χ3v) is 8.75. The second kappa shape index (κ2) is 12.3. The number of unbranched alkanes of at least 4 members (excludes halogenated alkanes) is 1. The minimum Gasteiger partial charge on any atom is -0.449 e. The van der Waals surface area contributed by atoms with Crippen LogP contribution in [0.15, 0.2) is 46.9 Å². The molecule has 1 aromatic carbocycles. The smallest absolute Gasteiger partial charge is 0.421 e. The fraction of sp³-hybridized carbons (Fsp3) is 0.464. The molecule has 0 bridgehead atoms. The number of hydrogen-bond acceptors (Lipinski definition) is 7. The van der Waals surface area contributed by atoms with Gasteiger partial charge in [-0.3, -0.25) is 4.79 Å². The number of benzene rings is 1. The number of rotatable bonds is 11.